The fourth-order valence-corrected chi connectivity index (χ4v) is 5.63. The van der Waals surface area contributed by atoms with Gasteiger partial charge in [-0.1, -0.05) is 41.9 Å². The van der Waals surface area contributed by atoms with Crippen LogP contribution in [0.1, 0.15) is 27.9 Å². The van der Waals surface area contributed by atoms with Crippen LogP contribution in [-0.2, 0) is 21.6 Å². The maximum absolute atomic E-state index is 13.9. The van der Waals surface area contributed by atoms with Crippen molar-refractivity contribution >= 4 is 46.1 Å². The molecule has 2 aliphatic rings. The number of aromatic nitrogens is 2. The number of amides is 3. The van der Waals surface area contributed by atoms with Crippen molar-refractivity contribution in [1.29, 1.82) is 0 Å². The second kappa shape index (κ2) is 10.3. The number of H-pyrrole nitrogens is 2. The van der Waals surface area contributed by atoms with E-state index >= 15 is 0 Å². The van der Waals surface area contributed by atoms with Gasteiger partial charge < -0.3 is 19.9 Å². The van der Waals surface area contributed by atoms with E-state index in [2.05, 4.69) is 20.6 Å². The van der Waals surface area contributed by atoms with Crippen LogP contribution in [0.2, 0.25) is 5.02 Å². The lowest BCUT2D eigenvalue weighted by Gasteiger charge is -2.35. The zero-order valence-corrected chi connectivity index (χ0v) is 22.3. The van der Waals surface area contributed by atoms with Crippen LogP contribution in [0.15, 0.2) is 76.3 Å². The molecule has 11 nitrogen and oxygen atoms in total. The fraction of sp³-hybridized carbons (Fsp3) is 0.207. The lowest BCUT2D eigenvalue weighted by atomic mass is 9.90. The van der Waals surface area contributed by atoms with Crippen molar-refractivity contribution in [2.75, 3.05) is 18.4 Å². The van der Waals surface area contributed by atoms with Gasteiger partial charge in [-0.15, -0.1) is 0 Å². The summed E-state index contributed by atoms with van der Waals surface area (Å²) in [7, 11) is 0. The molecule has 6 rings (SSSR count). The topological polar surface area (TPSA) is 153 Å². The van der Waals surface area contributed by atoms with Gasteiger partial charge in [-0.3, -0.25) is 24.7 Å². The Morgan fingerprint density at radius 1 is 1.02 bits per heavy atom. The Hall–Kier alpha value is -4.90. The molecule has 0 saturated carbocycles. The van der Waals surface area contributed by atoms with Gasteiger partial charge in [0.1, 0.15) is 6.04 Å². The number of carbonyl (C=O) groups excluding carboxylic acids is 3. The summed E-state index contributed by atoms with van der Waals surface area (Å²) in [4.78, 5) is 69.8. The van der Waals surface area contributed by atoms with E-state index in [9.17, 15) is 24.0 Å². The van der Waals surface area contributed by atoms with Crippen molar-refractivity contribution in [1.82, 2.24) is 20.2 Å². The zero-order valence-electron chi connectivity index (χ0n) is 21.5. The largest absolute Gasteiger partial charge is 0.436 e. The number of hydrogen-bond donors (Lipinski definition) is 4. The number of aromatic amines is 2. The molecule has 0 bridgehead atoms. The Balaban J connectivity index is 1.29. The number of carbonyl (C=O) groups is 3. The van der Waals surface area contributed by atoms with Crippen molar-refractivity contribution in [3.05, 3.63) is 109 Å². The lowest BCUT2D eigenvalue weighted by Crippen LogP contribution is -2.50. The Morgan fingerprint density at radius 2 is 1.83 bits per heavy atom. The zero-order chi connectivity index (χ0) is 28.7. The molecule has 1 spiro atoms. The number of nitrogens with one attached hydrogen (secondary N) is 4. The quantitative estimate of drug-likeness (QED) is 0.288. The van der Waals surface area contributed by atoms with Gasteiger partial charge in [0.05, 0.1) is 23.1 Å². The fourth-order valence-electron chi connectivity index (χ4n) is 5.46. The van der Waals surface area contributed by atoms with Gasteiger partial charge in [-0.25, -0.2) is 9.59 Å². The number of rotatable bonds is 5. The summed E-state index contributed by atoms with van der Waals surface area (Å²) in [5.74, 6) is -0.911. The number of benzene rings is 3. The first kappa shape index (κ1) is 26.3. The summed E-state index contributed by atoms with van der Waals surface area (Å²) in [6, 6.07) is 17.7. The molecule has 208 valence electrons. The summed E-state index contributed by atoms with van der Waals surface area (Å²) in [6.45, 7) is 0.379. The standard InChI is InChI=1S/C29H24ClN5O6/c30-18-7-9-22-20(14-18)29(41-28(40)33-22)10-11-35(15-29)26(38)23(12-16-4-2-1-3-5-16)31-24(36)17-6-8-21-19(13-17)25(37)34-27(39)32-21/h1-9,13-14,23H,10-12,15H2,(H,31,36)(H,33,40)(H2,32,34,37,39)/t23-,29-/m0/s1. The van der Waals surface area contributed by atoms with Crippen LogP contribution >= 0.6 is 11.6 Å². The van der Waals surface area contributed by atoms with E-state index in [0.29, 0.717) is 22.7 Å². The van der Waals surface area contributed by atoms with Crippen LogP contribution < -0.4 is 21.9 Å². The molecular weight excluding hydrogens is 550 g/mol. The smallest absolute Gasteiger partial charge is 0.412 e. The molecule has 2 aliphatic heterocycles. The first-order valence-corrected chi connectivity index (χ1v) is 13.3. The van der Waals surface area contributed by atoms with Gasteiger partial charge in [0, 0.05) is 35.5 Å². The van der Waals surface area contributed by atoms with Crippen LogP contribution in [-0.4, -0.2) is 51.9 Å². The normalized spacial score (nSPS) is 18.5. The van der Waals surface area contributed by atoms with Gasteiger partial charge in [0.25, 0.3) is 11.5 Å². The van der Waals surface area contributed by atoms with Gasteiger partial charge >= 0.3 is 11.8 Å². The molecule has 0 radical (unpaired) electrons. The van der Waals surface area contributed by atoms with Crippen molar-refractivity contribution in [3.63, 3.8) is 0 Å². The number of likely N-dealkylation sites (tertiary alicyclic amines) is 1. The van der Waals surface area contributed by atoms with Gasteiger partial charge in [0.2, 0.25) is 5.91 Å². The van der Waals surface area contributed by atoms with E-state index in [0.717, 1.165) is 5.56 Å². The number of fused-ring (bicyclic) bond motifs is 3. The lowest BCUT2D eigenvalue weighted by molar-refractivity contribution is -0.133. The highest BCUT2D eigenvalue weighted by Crippen LogP contribution is 2.43. The summed E-state index contributed by atoms with van der Waals surface area (Å²) in [6.07, 6.45) is -0.0481. The third-order valence-corrected chi connectivity index (χ3v) is 7.66. The summed E-state index contributed by atoms with van der Waals surface area (Å²) >= 11 is 6.25. The van der Waals surface area contributed by atoms with Crippen LogP contribution in [0, 0.1) is 0 Å². The number of ether oxygens (including phenoxy) is 1. The number of hydrogen-bond acceptors (Lipinski definition) is 6. The number of nitrogens with zero attached hydrogens (tertiary/aromatic N) is 1. The van der Waals surface area contributed by atoms with E-state index < -0.39 is 34.9 Å². The van der Waals surface area contributed by atoms with E-state index in [-0.39, 0.29) is 41.9 Å². The molecule has 1 fully saturated rings. The van der Waals surface area contributed by atoms with E-state index in [1.807, 2.05) is 30.3 Å². The van der Waals surface area contributed by atoms with Gasteiger partial charge in [-0.05, 0) is 42.0 Å². The predicted octanol–water partition coefficient (Wildman–Crippen LogP) is 2.90. The molecule has 2 atom stereocenters. The van der Waals surface area contributed by atoms with Crippen molar-refractivity contribution in [2.45, 2.75) is 24.5 Å². The minimum Gasteiger partial charge on any atom is -0.436 e. The van der Waals surface area contributed by atoms with Crippen molar-refractivity contribution in [3.8, 4) is 0 Å². The maximum atomic E-state index is 13.9. The molecule has 1 aromatic heterocycles. The molecule has 3 amide bonds. The van der Waals surface area contributed by atoms with Crippen LogP contribution in [0.4, 0.5) is 10.5 Å². The Labute approximate surface area is 237 Å². The molecule has 3 aromatic carbocycles. The van der Waals surface area contributed by atoms with Gasteiger partial charge in [0.15, 0.2) is 5.60 Å². The number of halogens is 1. The van der Waals surface area contributed by atoms with Gasteiger partial charge in [-0.2, -0.15) is 0 Å². The monoisotopic (exact) mass is 573 g/mol. The highest BCUT2D eigenvalue weighted by Gasteiger charge is 2.49. The molecule has 12 heteroatoms. The molecule has 3 heterocycles. The average Bonchev–Trinajstić information content (AvgIpc) is 3.37. The third kappa shape index (κ3) is 5.07. The van der Waals surface area contributed by atoms with Crippen LogP contribution in [0.3, 0.4) is 0 Å². The molecule has 0 aliphatic carbocycles. The second-order valence-electron chi connectivity index (χ2n) is 10.1. The maximum Gasteiger partial charge on any atom is 0.412 e. The Bertz CT molecular complexity index is 1820. The molecule has 41 heavy (non-hydrogen) atoms. The Kier molecular flexibility index (Phi) is 6.58. The van der Waals surface area contributed by atoms with Crippen LogP contribution in [0.25, 0.3) is 10.9 Å². The Morgan fingerprint density at radius 3 is 2.63 bits per heavy atom. The first-order valence-electron chi connectivity index (χ1n) is 12.9. The van der Waals surface area contributed by atoms with E-state index in [1.165, 1.54) is 18.2 Å². The summed E-state index contributed by atoms with van der Waals surface area (Å²) < 4.78 is 5.76. The van der Waals surface area contributed by atoms with Crippen LogP contribution in [0.5, 0.6) is 0 Å². The minimum atomic E-state index is -1.07. The predicted molar refractivity (Wildman–Crippen MR) is 151 cm³/mol. The van der Waals surface area contributed by atoms with E-state index in [1.54, 1.807) is 23.1 Å². The minimum absolute atomic E-state index is 0.0898. The summed E-state index contributed by atoms with van der Waals surface area (Å²) in [5.41, 5.74) is 0.162. The van der Waals surface area contributed by atoms with Crippen molar-refractivity contribution in [2.24, 2.45) is 0 Å². The molecule has 1 saturated heterocycles. The molecule has 4 N–H and O–H groups in total. The average molecular weight is 574 g/mol. The first-order chi connectivity index (χ1) is 19.7. The SMILES string of the molecule is O=C1Nc2ccc(Cl)cc2[C@@]2(CCN(C(=O)[C@H](Cc3ccccc3)NC(=O)c3ccc4[nH]c(=O)[nH]c(=O)c4c3)C2)O1. The third-order valence-electron chi connectivity index (χ3n) is 7.43. The molecule has 0 unspecified atom stereocenters. The molecule has 4 aromatic rings. The molecular formula is C29H24ClN5O6. The summed E-state index contributed by atoms with van der Waals surface area (Å²) in [5, 5.41) is 6.11. The second-order valence-corrected chi connectivity index (χ2v) is 10.5. The van der Waals surface area contributed by atoms with E-state index in [4.69, 9.17) is 16.3 Å². The van der Waals surface area contributed by atoms with Crippen molar-refractivity contribution < 1.29 is 19.1 Å². The number of anilines is 1. The highest BCUT2D eigenvalue weighted by molar-refractivity contribution is 6.30. The highest BCUT2D eigenvalue weighted by atomic mass is 35.5.